The van der Waals surface area contributed by atoms with E-state index < -0.39 is 17.7 Å². The molecule has 1 saturated heterocycles. The van der Waals surface area contributed by atoms with Gasteiger partial charge < -0.3 is 10.3 Å². The fourth-order valence-electron chi connectivity index (χ4n) is 2.11. The zero-order chi connectivity index (χ0) is 15.8. The van der Waals surface area contributed by atoms with Gasteiger partial charge in [0, 0.05) is 18.0 Å². The molecule has 0 radical (unpaired) electrons. The maximum Gasteiger partial charge on any atom is 0.277 e. The number of imide groups is 1. The first-order valence-corrected chi connectivity index (χ1v) is 6.58. The number of amides is 3. The first kappa shape index (κ1) is 15.0. The molecule has 0 spiro atoms. The normalized spacial score (nSPS) is 18.1. The third-order valence-corrected chi connectivity index (χ3v) is 3.13. The molecular formula is C14H18N4O3. The second kappa shape index (κ2) is 5.16. The number of hydrogen-bond acceptors (Lipinski definition) is 4. The van der Waals surface area contributed by atoms with Crippen molar-refractivity contribution < 1.29 is 14.4 Å². The van der Waals surface area contributed by atoms with Crippen molar-refractivity contribution in [2.45, 2.75) is 33.1 Å². The molecule has 3 amide bonds. The minimum atomic E-state index is -0.523. The molecular weight excluding hydrogens is 272 g/mol. The minimum absolute atomic E-state index is 0.0547. The van der Waals surface area contributed by atoms with Crippen LogP contribution in [0.1, 0.15) is 39.1 Å². The van der Waals surface area contributed by atoms with E-state index in [4.69, 9.17) is 0 Å². The third kappa shape index (κ3) is 3.01. The topological polar surface area (TPSA) is 95.2 Å². The van der Waals surface area contributed by atoms with Crippen LogP contribution in [-0.2, 0) is 19.8 Å². The van der Waals surface area contributed by atoms with Crippen LogP contribution in [0.5, 0.6) is 0 Å². The van der Waals surface area contributed by atoms with Crippen molar-refractivity contribution in [1.29, 1.82) is 0 Å². The first-order chi connectivity index (χ1) is 9.70. The fourth-order valence-corrected chi connectivity index (χ4v) is 2.11. The highest BCUT2D eigenvalue weighted by Crippen LogP contribution is 2.24. The molecule has 7 heteroatoms. The van der Waals surface area contributed by atoms with Gasteiger partial charge in [-0.15, -0.1) is 0 Å². The highest BCUT2D eigenvalue weighted by atomic mass is 16.2. The van der Waals surface area contributed by atoms with Crippen molar-refractivity contribution in [2.75, 3.05) is 6.54 Å². The van der Waals surface area contributed by atoms with Crippen molar-refractivity contribution in [3.05, 3.63) is 23.4 Å². The quantitative estimate of drug-likeness (QED) is 0.738. The monoisotopic (exact) mass is 290 g/mol. The van der Waals surface area contributed by atoms with Gasteiger partial charge in [0.05, 0.1) is 12.0 Å². The van der Waals surface area contributed by atoms with Crippen LogP contribution in [0.25, 0.3) is 6.08 Å². The lowest BCUT2D eigenvalue weighted by Crippen LogP contribution is -2.51. The molecule has 1 fully saturated rings. The van der Waals surface area contributed by atoms with Crippen LogP contribution in [0.15, 0.2) is 12.0 Å². The zero-order valence-corrected chi connectivity index (χ0v) is 12.5. The molecule has 0 atom stereocenters. The Morgan fingerprint density at radius 1 is 1.38 bits per heavy atom. The molecule has 2 N–H and O–H groups in total. The van der Waals surface area contributed by atoms with Gasteiger partial charge in [0.15, 0.2) is 0 Å². The summed E-state index contributed by atoms with van der Waals surface area (Å²) in [5.74, 6) is -1.38. The van der Waals surface area contributed by atoms with Gasteiger partial charge >= 0.3 is 0 Å². The Balaban J connectivity index is 2.41. The summed E-state index contributed by atoms with van der Waals surface area (Å²) in [5, 5.41) is 2.49. The van der Waals surface area contributed by atoms with Gasteiger partial charge in [-0.25, -0.2) is 4.98 Å². The van der Waals surface area contributed by atoms with E-state index in [1.165, 1.54) is 19.3 Å². The summed E-state index contributed by atoms with van der Waals surface area (Å²) in [6.45, 7) is 7.02. The summed E-state index contributed by atoms with van der Waals surface area (Å²) < 4.78 is 0. The van der Waals surface area contributed by atoms with E-state index in [1.54, 1.807) is 0 Å². The number of piperazine rings is 1. The molecule has 7 nitrogen and oxygen atoms in total. The van der Waals surface area contributed by atoms with E-state index in [1.807, 2.05) is 20.8 Å². The number of nitrogens with zero attached hydrogens (tertiary/aromatic N) is 2. The Hall–Kier alpha value is -2.44. The Bertz CT molecular complexity index is 637. The maximum absolute atomic E-state index is 12.2. The highest BCUT2D eigenvalue weighted by molar-refractivity contribution is 6.12. The lowest BCUT2D eigenvalue weighted by atomic mass is 9.90. The number of carbonyl (C=O) groups excluding carboxylic acids is 3. The Kier molecular flexibility index (Phi) is 3.67. The van der Waals surface area contributed by atoms with Crippen LogP contribution in [-0.4, -0.2) is 39.1 Å². The molecule has 0 saturated carbocycles. The molecule has 0 aliphatic carbocycles. The lowest BCUT2D eigenvalue weighted by Gasteiger charge is -2.25. The molecule has 0 bridgehead atoms. The maximum atomic E-state index is 12.2. The van der Waals surface area contributed by atoms with Gasteiger partial charge in [-0.2, -0.15) is 0 Å². The molecule has 1 aromatic rings. The van der Waals surface area contributed by atoms with Crippen molar-refractivity contribution in [3.63, 3.8) is 0 Å². The Morgan fingerprint density at radius 2 is 2.05 bits per heavy atom. The summed E-state index contributed by atoms with van der Waals surface area (Å²) in [6.07, 6.45) is 3.03. The summed E-state index contributed by atoms with van der Waals surface area (Å²) in [7, 11) is 0. The zero-order valence-electron chi connectivity index (χ0n) is 12.5. The first-order valence-electron chi connectivity index (χ1n) is 6.58. The number of carbonyl (C=O) groups is 3. The average molecular weight is 290 g/mol. The van der Waals surface area contributed by atoms with Crippen LogP contribution in [0.3, 0.4) is 0 Å². The van der Waals surface area contributed by atoms with Crippen LogP contribution < -0.4 is 5.32 Å². The molecule has 112 valence electrons. The highest BCUT2D eigenvalue weighted by Gasteiger charge is 2.31. The van der Waals surface area contributed by atoms with E-state index in [2.05, 4.69) is 15.3 Å². The van der Waals surface area contributed by atoms with Gasteiger partial charge in [0.25, 0.3) is 5.91 Å². The van der Waals surface area contributed by atoms with Crippen LogP contribution >= 0.6 is 0 Å². The number of H-pyrrole nitrogens is 1. The largest absolute Gasteiger partial charge is 0.348 e. The van der Waals surface area contributed by atoms with Crippen molar-refractivity contribution in [3.8, 4) is 0 Å². The summed E-state index contributed by atoms with van der Waals surface area (Å²) >= 11 is 0. The molecule has 1 aliphatic rings. The van der Waals surface area contributed by atoms with Gasteiger partial charge in [0.2, 0.25) is 11.8 Å². The van der Waals surface area contributed by atoms with Gasteiger partial charge in [-0.1, -0.05) is 20.8 Å². The van der Waals surface area contributed by atoms with E-state index >= 15 is 0 Å². The Morgan fingerprint density at radius 3 is 2.62 bits per heavy atom. The van der Waals surface area contributed by atoms with E-state index in [0.29, 0.717) is 5.69 Å². The predicted molar refractivity (Wildman–Crippen MR) is 75.8 cm³/mol. The van der Waals surface area contributed by atoms with Gasteiger partial charge in [-0.3, -0.25) is 19.3 Å². The number of imidazole rings is 1. The van der Waals surface area contributed by atoms with Crippen LogP contribution in [0, 0.1) is 0 Å². The molecule has 1 aliphatic heterocycles. The van der Waals surface area contributed by atoms with E-state index in [-0.39, 0.29) is 17.7 Å². The molecule has 21 heavy (non-hydrogen) atoms. The second-order valence-electron chi connectivity index (χ2n) is 5.93. The van der Waals surface area contributed by atoms with Crippen molar-refractivity contribution in [1.82, 2.24) is 20.2 Å². The fraction of sp³-hybridized carbons (Fsp3) is 0.429. The standard InChI is InChI=1S/C14H18N4O3/c1-8(19)18-6-11(20)17-10(13(18)21)5-9-12(14(2,3)4)16-7-15-9/h5,7H,6H2,1-4H3,(H,15,16)(H,17,20)/b10-5+. The van der Waals surface area contributed by atoms with E-state index in [0.717, 1.165) is 10.6 Å². The van der Waals surface area contributed by atoms with Crippen LogP contribution in [0.2, 0.25) is 0 Å². The summed E-state index contributed by atoms with van der Waals surface area (Å²) in [5.41, 5.74) is 1.28. The third-order valence-electron chi connectivity index (χ3n) is 3.13. The summed E-state index contributed by atoms with van der Waals surface area (Å²) in [4.78, 5) is 43.3. The van der Waals surface area contributed by atoms with Gasteiger partial charge in [0.1, 0.15) is 12.2 Å². The number of hydrogen-bond donors (Lipinski definition) is 2. The number of aromatic amines is 1. The predicted octanol–water partition coefficient (Wildman–Crippen LogP) is 0.553. The number of nitrogens with one attached hydrogen (secondary N) is 2. The minimum Gasteiger partial charge on any atom is -0.348 e. The van der Waals surface area contributed by atoms with Gasteiger partial charge in [-0.05, 0) is 6.08 Å². The smallest absolute Gasteiger partial charge is 0.277 e. The number of aromatic nitrogens is 2. The van der Waals surface area contributed by atoms with E-state index in [9.17, 15) is 14.4 Å². The Labute approximate surface area is 122 Å². The SMILES string of the molecule is CC(=O)N1CC(=O)N/C(=C/c2nc[nH]c2C(C)(C)C)C1=O. The second-order valence-corrected chi connectivity index (χ2v) is 5.93. The number of rotatable bonds is 1. The lowest BCUT2D eigenvalue weighted by molar-refractivity contribution is -0.147. The van der Waals surface area contributed by atoms with Crippen molar-refractivity contribution in [2.24, 2.45) is 0 Å². The molecule has 2 rings (SSSR count). The van der Waals surface area contributed by atoms with Crippen molar-refractivity contribution >= 4 is 23.8 Å². The molecule has 2 heterocycles. The average Bonchev–Trinajstić information content (AvgIpc) is 2.81. The van der Waals surface area contributed by atoms with Crippen LogP contribution in [0.4, 0.5) is 0 Å². The molecule has 0 aromatic carbocycles. The molecule has 0 unspecified atom stereocenters. The summed E-state index contributed by atoms with van der Waals surface area (Å²) in [6, 6.07) is 0. The molecule has 1 aromatic heterocycles.